The molecule has 5 rings (SSSR count). The van der Waals surface area contributed by atoms with Crippen LogP contribution in [-0.4, -0.2) is 32.4 Å². The minimum atomic E-state index is -0.422. The van der Waals surface area contributed by atoms with Crippen LogP contribution in [0.25, 0.3) is 11.5 Å². The van der Waals surface area contributed by atoms with Crippen molar-refractivity contribution in [2.45, 2.75) is 13.3 Å². The van der Waals surface area contributed by atoms with E-state index in [-0.39, 0.29) is 69.1 Å². The van der Waals surface area contributed by atoms with E-state index in [0.29, 0.717) is 5.69 Å². The van der Waals surface area contributed by atoms with E-state index in [1.807, 2.05) is 0 Å². The first-order valence-corrected chi connectivity index (χ1v) is 11.3. The number of ketones is 2. The van der Waals surface area contributed by atoms with E-state index in [4.69, 9.17) is 11.5 Å². The van der Waals surface area contributed by atoms with Gasteiger partial charge >= 0.3 is 0 Å². The van der Waals surface area contributed by atoms with Crippen LogP contribution >= 0.6 is 0 Å². The highest BCUT2D eigenvalue weighted by atomic mass is 16.2. The Bertz CT molecular complexity index is 1590. The fourth-order valence-corrected chi connectivity index (χ4v) is 3.96. The molecule has 0 atom stereocenters. The topological polar surface area (TPSA) is 179 Å². The predicted octanol–water partition coefficient (Wildman–Crippen LogP) is 4.24. The number of nitrogens with one attached hydrogen (secondary N) is 1. The lowest BCUT2D eigenvalue weighted by atomic mass is 9.82. The number of hydrogen-bond donors (Lipinski definition) is 3. The van der Waals surface area contributed by atoms with Crippen LogP contribution < -0.4 is 16.8 Å². The molecule has 0 bridgehead atoms. The Hall–Kier alpha value is -5.32. The van der Waals surface area contributed by atoms with Crippen molar-refractivity contribution in [3.8, 4) is 11.5 Å². The van der Waals surface area contributed by atoms with E-state index in [0.717, 1.165) is 0 Å². The van der Waals surface area contributed by atoms with Crippen LogP contribution in [0.3, 0.4) is 0 Å². The lowest BCUT2D eigenvalue weighted by Gasteiger charge is -2.21. The molecule has 1 aliphatic carbocycles. The van der Waals surface area contributed by atoms with Crippen LogP contribution in [0.2, 0.25) is 0 Å². The summed E-state index contributed by atoms with van der Waals surface area (Å²) in [6.07, 6.45) is 1.82. The van der Waals surface area contributed by atoms with Crippen molar-refractivity contribution in [1.82, 2.24) is 15.0 Å². The van der Waals surface area contributed by atoms with Crippen molar-refractivity contribution in [3.63, 3.8) is 0 Å². The van der Waals surface area contributed by atoms with Crippen LogP contribution in [0.1, 0.15) is 45.2 Å². The standard InChI is InChI=1S/C26H20N8O3/c1-2-18(35)30-15-10-5-7-13-19(15)22(36)14-8-6-11-16(20(14)23(13)37)33-34-21-24(27)31-26(32-25(21)28)17-9-3-4-12-29-17/h3-12H,2H2,1H3,(H,30,35)(H4,27,28,31,32)/b34-33+. The summed E-state index contributed by atoms with van der Waals surface area (Å²) < 4.78 is 0. The molecule has 11 heteroatoms. The molecule has 2 aromatic carbocycles. The van der Waals surface area contributed by atoms with Gasteiger partial charge in [0.2, 0.25) is 5.91 Å². The molecule has 1 aliphatic rings. The molecule has 2 heterocycles. The van der Waals surface area contributed by atoms with Crippen LogP contribution in [-0.2, 0) is 4.79 Å². The number of rotatable bonds is 5. The lowest BCUT2D eigenvalue weighted by Crippen LogP contribution is -2.23. The maximum Gasteiger partial charge on any atom is 0.224 e. The first kappa shape index (κ1) is 23.4. The fourth-order valence-electron chi connectivity index (χ4n) is 3.96. The second kappa shape index (κ2) is 9.38. The van der Waals surface area contributed by atoms with Crippen molar-refractivity contribution in [3.05, 3.63) is 83.0 Å². The fraction of sp³-hybridized carbons (Fsp3) is 0.0769. The van der Waals surface area contributed by atoms with Gasteiger partial charge in [0.25, 0.3) is 0 Å². The average Bonchev–Trinajstić information content (AvgIpc) is 2.91. The van der Waals surface area contributed by atoms with E-state index >= 15 is 0 Å². The molecular weight excluding hydrogens is 472 g/mol. The lowest BCUT2D eigenvalue weighted by molar-refractivity contribution is -0.115. The van der Waals surface area contributed by atoms with Crippen LogP contribution in [0.5, 0.6) is 0 Å². The van der Waals surface area contributed by atoms with Gasteiger partial charge in [0, 0.05) is 23.7 Å². The number of carbonyl (C=O) groups excluding carboxylic acids is 3. The summed E-state index contributed by atoms with van der Waals surface area (Å²) in [4.78, 5) is 51.5. The van der Waals surface area contributed by atoms with Gasteiger partial charge in [-0.25, -0.2) is 9.97 Å². The maximum absolute atomic E-state index is 13.5. The number of pyridine rings is 1. The minimum absolute atomic E-state index is 0.0224. The third kappa shape index (κ3) is 4.18. The molecule has 37 heavy (non-hydrogen) atoms. The van der Waals surface area contributed by atoms with Gasteiger partial charge in [-0.2, -0.15) is 0 Å². The van der Waals surface area contributed by atoms with Crippen LogP contribution in [0.15, 0.2) is 71.0 Å². The van der Waals surface area contributed by atoms with Crippen LogP contribution in [0, 0.1) is 0 Å². The zero-order valence-electron chi connectivity index (χ0n) is 19.6. The van der Waals surface area contributed by atoms with Gasteiger partial charge in [0.1, 0.15) is 5.69 Å². The van der Waals surface area contributed by atoms with Gasteiger partial charge in [-0.1, -0.05) is 37.3 Å². The molecule has 5 N–H and O–H groups in total. The molecule has 1 amide bonds. The first-order valence-electron chi connectivity index (χ1n) is 11.3. The summed E-state index contributed by atoms with van der Waals surface area (Å²) >= 11 is 0. The number of hydrogen-bond acceptors (Lipinski definition) is 10. The van der Waals surface area contributed by atoms with Gasteiger partial charge in [-0.05, 0) is 24.3 Å². The number of azo groups is 1. The van der Waals surface area contributed by atoms with E-state index < -0.39 is 11.6 Å². The highest BCUT2D eigenvalue weighted by molar-refractivity contribution is 6.32. The number of aromatic nitrogens is 3. The van der Waals surface area contributed by atoms with E-state index in [1.165, 1.54) is 12.1 Å². The van der Waals surface area contributed by atoms with Gasteiger partial charge in [-0.15, -0.1) is 10.2 Å². The second-order valence-corrected chi connectivity index (χ2v) is 8.07. The molecule has 0 radical (unpaired) electrons. The molecule has 11 nitrogen and oxygen atoms in total. The minimum Gasteiger partial charge on any atom is -0.382 e. The Morgan fingerprint density at radius 3 is 2.22 bits per heavy atom. The van der Waals surface area contributed by atoms with Crippen LogP contribution in [0.4, 0.5) is 28.7 Å². The number of fused-ring (bicyclic) bond motifs is 2. The van der Waals surface area contributed by atoms with E-state index in [1.54, 1.807) is 55.6 Å². The number of nitrogen functional groups attached to an aromatic ring is 2. The number of nitrogens with zero attached hydrogens (tertiary/aromatic N) is 5. The Kier molecular flexibility index (Phi) is 5.94. The van der Waals surface area contributed by atoms with E-state index in [2.05, 4.69) is 30.5 Å². The summed E-state index contributed by atoms with van der Waals surface area (Å²) in [6.45, 7) is 1.70. The average molecular weight is 492 g/mol. The zero-order chi connectivity index (χ0) is 26.1. The molecule has 0 fully saturated rings. The molecule has 4 aromatic rings. The van der Waals surface area contributed by atoms with Gasteiger partial charge in [-0.3, -0.25) is 19.4 Å². The molecule has 2 aromatic heterocycles. The van der Waals surface area contributed by atoms with Crippen molar-refractivity contribution >= 4 is 46.2 Å². The highest BCUT2D eigenvalue weighted by Gasteiger charge is 2.34. The number of benzene rings is 2. The first-order chi connectivity index (χ1) is 17.9. The second-order valence-electron chi connectivity index (χ2n) is 8.07. The van der Waals surface area contributed by atoms with Crippen molar-refractivity contribution in [1.29, 1.82) is 0 Å². The number of amides is 1. The number of anilines is 3. The molecule has 182 valence electrons. The SMILES string of the molecule is CCC(=O)Nc1cccc2c1C(=O)c1cccc(/N=N/c3c(N)nc(-c4ccccn4)nc3N)c1C2=O. The van der Waals surface area contributed by atoms with Crippen molar-refractivity contribution in [2.24, 2.45) is 10.2 Å². The molecule has 0 unspecified atom stereocenters. The summed E-state index contributed by atoms with van der Waals surface area (Å²) in [6, 6.07) is 14.6. The van der Waals surface area contributed by atoms with Gasteiger partial charge in [0.15, 0.2) is 34.7 Å². The Balaban J connectivity index is 1.54. The summed E-state index contributed by atoms with van der Waals surface area (Å²) in [5.41, 5.74) is 13.6. The number of carbonyl (C=O) groups is 3. The quantitative estimate of drug-likeness (QED) is 0.305. The van der Waals surface area contributed by atoms with Crippen molar-refractivity contribution < 1.29 is 14.4 Å². The summed E-state index contributed by atoms with van der Waals surface area (Å²) in [5.74, 6) is -0.912. The monoisotopic (exact) mass is 492 g/mol. The Labute approximate surface area is 210 Å². The van der Waals surface area contributed by atoms with E-state index in [9.17, 15) is 14.4 Å². The Morgan fingerprint density at radius 1 is 0.865 bits per heavy atom. The third-order valence-electron chi connectivity index (χ3n) is 5.74. The highest BCUT2D eigenvalue weighted by Crippen LogP contribution is 2.38. The predicted molar refractivity (Wildman–Crippen MR) is 137 cm³/mol. The smallest absolute Gasteiger partial charge is 0.224 e. The number of nitrogens with two attached hydrogens (primary N) is 2. The molecule has 0 spiro atoms. The third-order valence-corrected chi connectivity index (χ3v) is 5.74. The molecule has 0 saturated carbocycles. The normalized spacial score (nSPS) is 12.4. The summed E-state index contributed by atoms with van der Waals surface area (Å²) in [5, 5.41) is 11.0. The zero-order valence-corrected chi connectivity index (χ0v) is 19.6. The molecule has 0 saturated heterocycles. The molecular formula is C26H20N8O3. The Morgan fingerprint density at radius 2 is 1.54 bits per heavy atom. The van der Waals surface area contributed by atoms with Crippen molar-refractivity contribution in [2.75, 3.05) is 16.8 Å². The van der Waals surface area contributed by atoms with Gasteiger partial charge < -0.3 is 16.8 Å². The summed E-state index contributed by atoms with van der Waals surface area (Å²) in [7, 11) is 0. The largest absolute Gasteiger partial charge is 0.382 e. The maximum atomic E-state index is 13.5. The van der Waals surface area contributed by atoms with Gasteiger partial charge in [0.05, 0.1) is 22.5 Å². The molecule has 0 aliphatic heterocycles.